The lowest BCUT2D eigenvalue weighted by molar-refractivity contribution is -0.138. The summed E-state index contributed by atoms with van der Waals surface area (Å²) in [5, 5.41) is 0. The van der Waals surface area contributed by atoms with Crippen LogP contribution in [-0.2, 0) is 14.6 Å². The predicted octanol–water partition coefficient (Wildman–Crippen LogP) is 2.50. The first-order valence-corrected chi connectivity index (χ1v) is 12.2. The van der Waals surface area contributed by atoms with Crippen LogP contribution in [0.3, 0.4) is 0 Å². The Kier molecular flexibility index (Phi) is 5.30. The molecule has 0 unspecified atom stereocenters. The van der Waals surface area contributed by atoms with Crippen molar-refractivity contribution in [1.82, 2.24) is 9.80 Å². The zero-order valence-corrected chi connectivity index (χ0v) is 16.9. The standard InChI is InChI=1S/C21H30N2O3S/c1-27(25,26)11-10-21(24)22-13-16-12-18(15-22)20-9-5-8-19(23(20)14-16)17-6-3-2-4-7-17/h2-4,6-7,16,18-20H,5,8-15H2,1H3/t16-,18+,19+,20-/m0/s1. The maximum absolute atomic E-state index is 12.6. The minimum Gasteiger partial charge on any atom is -0.342 e. The fraction of sp³-hybridized carbons (Fsp3) is 0.667. The fourth-order valence-corrected chi connectivity index (χ4v) is 6.02. The van der Waals surface area contributed by atoms with Gasteiger partial charge in [0.25, 0.3) is 0 Å². The summed E-state index contributed by atoms with van der Waals surface area (Å²) in [5.74, 6) is 1.00. The van der Waals surface area contributed by atoms with Gasteiger partial charge < -0.3 is 4.90 Å². The molecule has 3 fully saturated rings. The lowest BCUT2D eigenvalue weighted by Gasteiger charge is -2.55. The van der Waals surface area contributed by atoms with Crippen LogP contribution in [0.1, 0.15) is 43.7 Å². The summed E-state index contributed by atoms with van der Waals surface area (Å²) in [6.07, 6.45) is 6.21. The van der Waals surface area contributed by atoms with Gasteiger partial charge in [-0.3, -0.25) is 9.69 Å². The van der Waals surface area contributed by atoms with E-state index in [-0.39, 0.29) is 18.1 Å². The van der Waals surface area contributed by atoms with Gasteiger partial charge in [0.05, 0.1) is 5.75 Å². The molecule has 3 aliphatic rings. The van der Waals surface area contributed by atoms with Gasteiger partial charge in [-0.2, -0.15) is 0 Å². The van der Waals surface area contributed by atoms with E-state index in [4.69, 9.17) is 0 Å². The van der Waals surface area contributed by atoms with E-state index in [0.29, 0.717) is 23.9 Å². The summed E-state index contributed by atoms with van der Waals surface area (Å²) < 4.78 is 22.8. The first-order valence-electron chi connectivity index (χ1n) is 10.2. The van der Waals surface area contributed by atoms with Crippen molar-refractivity contribution >= 4 is 15.7 Å². The van der Waals surface area contributed by atoms with Gasteiger partial charge in [0, 0.05) is 44.4 Å². The molecular weight excluding hydrogens is 360 g/mol. The minimum absolute atomic E-state index is 0.0130. The predicted molar refractivity (Wildman–Crippen MR) is 106 cm³/mol. The molecule has 1 aromatic rings. The van der Waals surface area contributed by atoms with Crippen molar-refractivity contribution in [3.05, 3.63) is 35.9 Å². The number of rotatable bonds is 4. The lowest BCUT2D eigenvalue weighted by atomic mass is 9.74. The number of benzene rings is 1. The number of hydrogen-bond donors (Lipinski definition) is 0. The zero-order valence-electron chi connectivity index (χ0n) is 16.1. The molecule has 1 aromatic carbocycles. The number of piperidine rings is 3. The molecule has 0 aromatic heterocycles. The summed E-state index contributed by atoms with van der Waals surface area (Å²) in [6, 6.07) is 11.9. The van der Waals surface area contributed by atoms with E-state index in [2.05, 4.69) is 35.2 Å². The zero-order chi connectivity index (χ0) is 19.0. The number of fused-ring (bicyclic) bond motifs is 4. The molecule has 5 nitrogen and oxygen atoms in total. The molecule has 0 N–H and O–H groups in total. The molecule has 6 heteroatoms. The Balaban J connectivity index is 1.46. The molecule has 27 heavy (non-hydrogen) atoms. The summed E-state index contributed by atoms with van der Waals surface area (Å²) in [6.45, 7) is 2.63. The SMILES string of the molecule is CS(=O)(=O)CCC(=O)N1C[C@@H]2C[C@H](C1)[C@@H]1CCC[C@H](c3ccccc3)N1C2. The van der Waals surface area contributed by atoms with Crippen LogP contribution < -0.4 is 0 Å². The quantitative estimate of drug-likeness (QED) is 0.793. The molecule has 3 aliphatic heterocycles. The Morgan fingerprint density at radius 1 is 1.11 bits per heavy atom. The molecule has 1 amide bonds. The summed E-state index contributed by atoms with van der Waals surface area (Å²) in [5.41, 5.74) is 1.42. The highest BCUT2D eigenvalue weighted by atomic mass is 32.2. The smallest absolute Gasteiger partial charge is 0.223 e. The van der Waals surface area contributed by atoms with Crippen LogP contribution in [0.5, 0.6) is 0 Å². The van der Waals surface area contributed by atoms with Gasteiger partial charge in [-0.15, -0.1) is 0 Å². The molecule has 4 atom stereocenters. The molecule has 0 aliphatic carbocycles. The van der Waals surface area contributed by atoms with Gasteiger partial charge in [-0.25, -0.2) is 8.42 Å². The largest absolute Gasteiger partial charge is 0.342 e. The first-order chi connectivity index (χ1) is 12.9. The van der Waals surface area contributed by atoms with Gasteiger partial charge in [-0.05, 0) is 43.1 Å². The number of sulfone groups is 1. The van der Waals surface area contributed by atoms with E-state index in [9.17, 15) is 13.2 Å². The number of amides is 1. The Morgan fingerprint density at radius 2 is 1.89 bits per heavy atom. The van der Waals surface area contributed by atoms with Gasteiger partial charge in [0.15, 0.2) is 0 Å². The van der Waals surface area contributed by atoms with Crippen molar-refractivity contribution in [3.63, 3.8) is 0 Å². The third-order valence-electron chi connectivity index (χ3n) is 6.61. The third-order valence-corrected chi connectivity index (χ3v) is 7.56. The van der Waals surface area contributed by atoms with Gasteiger partial charge >= 0.3 is 0 Å². The number of carbonyl (C=O) groups excluding carboxylic acids is 1. The summed E-state index contributed by atoms with van der Waals surface area (Å²) >= 11 is 0. The highest BCUT2D eigenvalue weighted by molar-refractivity contribution is 7.90. The van der Waals surface area contributed by atoms with Crippen molar-refractivity contribution in [2.24, 2.45) is 11.8 Å². The van der Waals surface area contributed by atoms with Crippen LogP contribution >= 0.6 is 0 Å². The second kappa shape index (κ2) is 7.55. The van der Waals surface area contributed by atoms with Gasteiger partial charge in [-0.1, -0.05) is 30.3 Å². The molecule has 0 saturated carbocycles. The van der Waals surface area contributed by atoms with Crippen LogP contribution in [0.4, 0.5) is 0 Å². The Bertz CT molecular complexity index is 780. The summed E-state index contributed by atoms with van der Waals surface area (Å²) in [7, 11) is -3.09. The minimum atomic E-state index is -3.09. The molecule has 4 rings (SSSR count). The number of hydrogen-bond acceptors (Lipinski definition) is 4. The van der Waals surface area contributed by atoms with Crippen LogP contribution in [0, 0.1) is 11.8 Å². The highest BCUT2D eigenvalue weighted by Gasteiger charge is 2.45. The maximum atomic E-state index is 12.6. The molecule has 3 saturated heterocycles. The van der Waals surface area contributed by atoms with E-state index in [1.165, 1.54) is 37.5 Å². The maximum Gasteiger partial charge on any atom is 0.223 e. The lowest BCUT2D eigenvalue weighted by Crippen LogP contribution is -2.60. The van der Waals surface area contributed by atoms with Crippen LogP contribution in [0.15, 0.2) is 30.3 Å². The van der Waals surface area contributed by atoms with E-state index >= 15 is 0 Å². The monoisotopic (exact) mass is 390 g/mol. The average Bonchev–Trinajstić information content (AvgIpc) is 2.65. The molecule has 0 spiro atoms. The van der Waals surface area contributed by atoms with E-state index in [0.717, 1.165) is 19.6 Å². The van der Waals surface area contributed by atoms with Crippen LogP contribution in [0.25, 0.3) is 0 Å². The second-order valence-electron chi connectivity index (χ2n) is 8.66. The van der Waals surface area contributed by atoms with Crippen LogP contribution in [0.2, 0.25) is 0 Å². The molecular formula is C21H30N2O3S. The van der Waals surface area contributed by atoms with Crippen molar-refractivity contribution in [2.75, 3.05) is 31.6 Å². The summed E-state index contributed by atoms with van der Waals surface area (Å²) in [4.78, 5) is 17.2. The van der Waals surface area contributed by atoms with Crippen molar-refractivity contribution in [2.45, 2.75) is 44.2 Å². The van der Waals surface area contributed by atoms with Gasteiger partial charge in [0.1, 0.15) is 9.84 Å². The van der Waals surface area contributed by atoms with Crippen LogP contribution in [-0.4, -0.2) is 61.8 Å². The molecule has 0 radical (unpaired) electrons. The van der Waals surface area contributed by atoms with Crippen molar-refractivity contribution in [3.8, 4) is 0 Å². The van der Waals surface area contributed by atoms with E-state index < -0.39 is 9.84 Å². The topological polar surface area (TPSA) is 57.7 Å². The highest BCUT2D eigenvalue weighted by Crippen LogP contribution is 2.44. The molecule has 148 valence electrons. The van der Waals surface area contributed by atoms with E-state index in [1.54, 1.807) is 0 Å². The Hall–Kier alpha value is -1.40. The van der Waals surface area contributed by atoms with Crippen molar-refractivity contribution in [1.29, 1.82) is 0 Å². The van der Waals surface area contributed by atoms with Gasteiger partial charge in [0.2, 0.25) is 5.91 Å². The fourth-order valence-electron chi connectivity index (χ4n) is 5.48. The number of carbonyl (C=O) groups is 1. The Labute approximate surface area is 162 Å². The van der Waals surface area contributed by atoms with E-state index in [1.807, 2.05) is 4.90 Å². The molecule has 2 bridgehead atoms. The molecule has 3 heterocycles. The Morgan fingerprint density at radius 3 is 2.63 bits per heavy atom. The number of nitrogens with zero attached hydrogens (tertiary/aromatic N) is 2. The third kappa shape index (κ3) is 4.21. The normalized spacial score (nSPS) is 31.4. The second-order valence-corrected chi connectivity index (χ2v) is 10.9. The van der Waals surface area contributed by atoms with Crippen molar-refractivity contribution < 1.29 is 13.2 Å². The average molecular weight is 391 g/mol. The number of likely N-dealkylation sites (tertiary alicyclic amines) is 1. The first kappa shape index (κ1) is 18.9.